The highest BCUT2D eigenvalue weighted by molar-refractivity contribution is 5.39. The normalized spacial score (nSPS) is 12.0. The lowest BCUT2D eigenvalue weighted by Gasteiger charge is -2.19. The van der Waals surface area contributed by atoms with Crippen molar-refractivity contribution in [3.05, 3.63) is 59.2 Å². The first-order chi connectivity index (χ1) is 10.6. The van der Waals surface area contributed by atoms with E-state index >= 15 is 0 Å². The Bertz CT molecular complexity index is 610. The molecule has 0 spiro atoms. The summed E-state index contributed by atoms with van der Waals surface area (Å²) in [7, 11) is 1.70. The first-order valence-electron chi connectivity index (χ1n) is 7.68. The van der Waals surface area contributed by atoms with Gasteiger partial charge in [0.1, 0.15) is 11.5 Å². The largest absolute Gasteiger partial charge is 0.496 e. The summed E-state index contributed by atoms with van der Waals surface area (Å²) in [4.78, 5) is 0. The van der Waals surface area contributed by atoms with Gasteiger partial charge in [0.25, 0.3) is 0 Å². The quantitative estimate of drug-likeness (QED) is 0.845. The third-order valence-corrected chi connectivity index (χ3v) is 3.83. The summed E-state index contributed by atoms with van der Waals surface area (Å²) in [6, 6.07) is 14.3. The van der Waals surface area contributed by atoms with E-state index in [0.717, 1.165) is 23.5 Å². The molecule has 3 heteroatoms. The van der Waals surface area contributed by atoms with Crippen LogP contribution < -0.4 is 15.2 Å². The average molecular weight is 299 g/mol. The van der Waals surface area contributed by atoms with Crippen molar-refractivity contribution >= 4 is 0 Å². The lowest BCUT2D eigenvalue weighted by Crippen LogP contribution is -2.16. The van der Waals surface area contributed by atoms with Crippen molar-refractivity contribution in [2.75, 3.05) is 20.3 Å². The maximum Gasteiger partial charge on any atom is 0.122 e. The van der Waals surface area contributed by atoms with Gasteiger partial charge < -0.3 is 15.2 Å². The Morgan fingerprint density at radius 2 is 1.82 bits per heavy atom. The SMILES string of the molecule is COc1ccc(C)cc1C(CN)CCOc1cccc(C)c1. The summed E-state index contributed by atoms with van der Waals surface area (Å²) >= 11 is 0. The molecule has 0 aliphatic heterocycles. The Balaban J connectivity index is 2.02. The summed E-state index contributed by atoms with van der Waals surface area (Å²) in [6.07, 6.45) is 0.865. The van der Waals surface area contributed by atoms with Crippen molar-refractivity contribution in [1.82, 2.24) is 0 Å². The molecule has 0 saturated heterocycles. The minimum Gasteiger partial charge on any atom is -0.496 e. The Hall–Kier alpha value is -2.00. The van der Waals surface area contributed by atoms with Crippen LogP contribution in [0, 0.1) is 13.8 Å². The molecule has 3 nitrogen and oxygen atoms in total. The highest BCUT2D eigenvalue weighted by Crippen LogP contribution is 2.29. The molecule has 2 rings (SSSR count). The van der Waals surface area contributed by atoms with Gasteiger partial charge in [0, 0.05) is 5.92 Å². The minimum atomic E-state index is 0.236. The van der Waals surface area contributed by atoms with E-state index in [9.17, 15) is 0 Å². The molecule has 0 bridgehead atoms. The molecule has 1 atom stereocenters. The first kappa shape index (κ1) is 16.4. The molecule has 0 amide bonds. The second-order valence-corrected chi connectivity index (χ2v) is 5.63. The fraction of sp³-hybridized carbons (Fsp3) is 0.368. The molecular formula is C19H25NO2. The fourth-order valence-electron chi connectivity index (χ4n) is 2.60. The number of methoxy groups -OCH3 is 1. The van der Waals surface area contributed by atoms with Gasteiger partial charge in [-0.25, -0.2) is 0 Å². The van der Waals surface area contributed by atoms with E-state index < -0.39 is 0 Å². The van der Waals surface area contributed by atoms with Crippen LogP contribution in [0.3, 0.4) is 0 Å². The van der Waals surface area contributed by atoms with E-state index in [2.05, 4.69) is 32.0 Å². The van der Waals surface area contributed by atoms with Crippen molar-refractivity contribution in [2.45, 2.75) is 26.2 Å². The zero-order chi connectivity index (χ0) is 15.9. The molecule has 2 aromatic rings. The van der Waals surface area contributed by atoms with E-state index in [4.69, 9.17) is 15.2 Å². The Kier molecular flexibility index (Phi) is 5.84. The number of nitrogens with two attached hydrogens (primary N) is 1. The highest BCUT2D eigenvalue weighted by Gasteiger charge is 2.15. The van der Waals surface area contributed by atoms with Crippen LogP contribution in [0.2, 0.25) is 0 Å². The van der Waals surface area contributed by atoms with Gasteiger partial charge in [0.05, 0.1) is 13.7 Å². The number of benzene rings is 2. The van der Waals surface area contributed by atoms with Crippen molar-refractivity contribution in [1.29, 1.82) is 0 Å². The van der Waals surface area contributed by atoms with Crippen LogP contribution >= 0.6 is 0 Å². The van der Waals surface area contributed by atoms with Gasteiger partial charge in [-0.3, -0.25) is 0 Å². The molecule has 0 fully saturated rings. The minimum absolute atomic E-state index is 0.236. The fourth-order valence-corrected chi connectivity index (χ4v) is 2.60. The van der Waals surface area contributed by atoms with Crippen LogP contribution in [0.4, 0.5) is 0 Å². The molecular weight excluding hydrogens is 274 g/mol. The van der Waals surface area contributed by atoms with Gasteiger partial charge in [-0.2, -0.15) is 0 Å². The second-order valence-electron chi connectivity index (χ2n) is 5.63. The lowest BCUT2D eigenvalue weighted by molar-refractivity contribution is 0.296. The average Bonchev–Trinajstić information content (AvgIpc) is 2.52. The third-order valence-electron chi connectivity index (χ3n) is 3.83. The van der Waals surface area contributed by atoms with E-state index in [1.54, 1.807) is 7.11 Å². The van der Waals surface area contributed by atoms with Gasteiger partial charge in [0.15, 0.2) is 0 Å². The van der Waals surface area contributed by atoms with Crippen LogP contribution in [-0.4, -0.2) is 20.3 Å². The van der Waals surface area contributed by atoms with E-state index in [1.807, 2.05) is 24.3 Å². The van der Waals surface area contributed by atoms with Crippen molar-refractivity contribution in [2.24, 2.45) is 5.73 Å². The third kappa shape index (κ3) is 4.25. The smallest absolute Gasteiger partial charge is 0.122 e. The molecule has 1 unspecified atom stereocenters. The van der Waals surface area contributed by atoms with Crippen LogP contribution in [0.15, 0.2) is 42.5 Å². The highest BCUT2D eigenvalue weighted by atomic mass is 16.5. The summed E-state index contributed by atoms with van der Waals surface area (Å²) < 4.78 is 11.3. The summed E-state index contributed by atoms with van der Waals surface area (Å²) in [5, 5.41) is 0. The number of hydrogen-bond donors (Lipinski definition) is 1. The topological polar surface area (TPSA) is 44.5 Å². The van der Waals surface area contributed by atoms with Crippen LogP contribution in [-0.2, 0) is 0 Å². The van der Waals surface area contributed by atoms with Crippen LogP contribution in [0.1, 0.15) is 29.0 Å². The summed E-state index contributed by atoms with van der Waals surface area (Å²) in [6.45, 7) is 5.37. The number of rotatable bonds is 7. The molecule has 22 heavy (non-hydrogen) atoms. The van der Waals surface area contributed by atoms with Gasteiger partial charge in [0.2, 0.25) is 0 Å². The van der Waals surface area contributed by atoms with Crippen LogP contribution in [0.25, 0.3) is 0 Å². The maximum atomic E-state index is 5.97. The van der Waals surface area contributed by atoms with Crippen molar-refractivity contribution in [3.8, 4) is 11.5 Å². The van der Waals surface area contributed by atoms with E-state index in [-0.39, 0.29) is 5.92 Å². The zero-order valence-corrected chi connectivity index (χ0v) is 13.6. The lowest BCUT2D eigenvalue weighted by atomic mass is 9.94. The Labute approximate surface area is 133 Å². The predicted octanol–water partition coefficient (Wildman–Crippen LogP) is 3.82. The van der Waals surface area contributed by atoms with Crippen molar-refractivity contribution < 1.29 is 9.47 Å². The molecule has 0 aliphatic carbocycles. The molecule has 0 aliphatic rings. The molecule has 118 valence electrons. The standard InChI is InChI=1S/C19H25NO2/c1-14-5-4-6-17(11-14)22-10-9-16(13-20)18-12-15(2)7-8-19(18)21-3/h4-8,11-12,16H,9-10,13,20H2,1-3H3. The van der Waals surface area contributed by atoms with E-state index in [0.29, 0.717) is 13.2 Å². The second kappa shape index (κ2) is 7.85. The first-order valence-corrected chi connectivity index (χ1v) is 7.68. The Morgan fingerprint density at radius 3 is 2.50 bits per heavy atom. The zero-order valence-electron chi connectivity index (χ0n) is 13.6. The summed E-state index contributed by atoms with van der Waals surface area (Å²) in [5.41, 5.74) is 9.55. The number of hydrogen-bond acceptors (Lipinski definition) is 3. The van der Waals surface area contributed by atoms with Gasteiger partial charge in [-0.15, -0.1) is 0 Å². The molecule has 2 aromatic carbocycles. The summed E-state index contributed by atoms with van der Waals surface area (Å²) in [5.74, 6) is 2.04. The number of ether oxygens (including phenoxy) is 2. The van der Waals surface area contributed by atoms with E-state index in [1.165, 1.54) is 11.1 Å². The van der Waals surface area contributed by atoms with Crippen LogP contribution in [0.5, 0.6) is 11.5 Å². The Morgan fingerprint density at radius 1 is 1.05 bits per heavy atom. The molecule has 0 aromatic heterocycles. The number of aryl methyl sites for hydroxylation is 2. The van der Waals surface area contributed by atoms with Gasteiger partial charge >= 0.3 is 0 Å². The monoisotopic (exact) mass is 299 g/mol. The van der Waals surface area contributed by atoms with Gasteiger partial charge in [-0.05, 0) is 56.1 Å². The maximum absolute atomic E-state index is 5.97. The molecule has 0 radical (unpaired) electrons. The predicted molar refractivity (Wildman–Crippen MR) is 90.8 cm³/mol. The van der Waals surface area contributed by atoms with Gasteiger partial charge in [-0.1, -0.05) is 29.8 Å². The van der Waals surface area contributed by atoms with Crippen molar-refractivity contribution in [3.63, 3.8) is 0 Å². The molecule has 0 heterocycles. The molecule has 2 N–H and O–H groups in total. The molecule has 0 saturated carbocycles.